The topological polar surface area (TPSA) is 94.1 Å². The number of hydrogen-bond acceptors (Lipinski definition) is 8. The van der Waals surface area contributed by atoms with Crippen LogP contribution in [0.2, 0.25) is 0 Å². The molecule has 1 fully saturated rings. The predicted octanol–water partition coefficient (Wildman–Crippen LogP) is 1.15. The summed E-state index contributed by atoms with van der Waals surface area (Å²) in [5.41, 5.74) is 0. The van der Waals surface area contributed by atoms with E-state index in [0.717, 1.165) is 5.75 Å². The number of benzene rings is 1. The highest BCUT2D eigenvalue weighted by Gasteiger charge is 2.23. The van der Waals surface area contributed by atoms with Crippen LogP contribution >= 0.6 is 0 Å². The lowest BCUT2D eigenvalue weighted by Crippen LogP contribution is -2.50. The third-order valence-corrected chi connectivity index (χ3v) is 4.46. The van der Waals surface area contributed by atoms with Gasteiger partial charge < -0.3 is 24.0 Å². The highest BCUT2D eigenvalue weighted by molar-refractivity contribution is 5.80. The average molecular weight is 400 g/mol. The van der Waals surface area contributed by atoms with E-state index < -0.39 is 5.97 Å². The van der Waals surface area contributed by atoms with Gasteiger partial charge in [-0.15, -0.1) is 0 Å². The summed E-state index contributed by atoms with van der Waals surface area (Å²) in [5.74, 6) is 1.34. The maximum absolute atomic E-state index is 12.3. The van der Waals surface area contributed by atoms with Crippen LogP contribution in [-0.4, -0.2) is 73.2 Å². The van der Waals surface area contributed by atoms with Crippen molar-refractivity contribution in [1.29, 1.82) is 0 Å². The molecule has 0 atom stereocenters. The molecule has 0 saturated carbocycles. The molecule has 154 valence electrons. The standard InChI is InChI=1S/C20H24N4O5/c1-27-16-3-5-17(6-4-16)28-14-7-19(26)29-15-18(25)23-10-12-24(13-11-23)20-21-8-2-9-22-20/h2-6,8-9H,7,10-15H2,1H3. The first-order chi connectivity index (χ1) is 14.2. The Kier molecular flexibility index (Phi) is 7.21. The molecule has 1 saturated heterocycles. The number of amides is 1. The van der Waals surface area contributed by atoms with Gasteiger partial charge in [0.1, 0.15) is 11.5 Å². The van der Waals surface area contributed by atoms with Crippen molar-refractivity contribution in [2.45, 2.75) is 6.42 Å². The lowest BCUT2D eigenvalue weighted by atomic mass is 10.3. The van der Waals surface area contributed by atoms with Crippen molar-refractivity contribution in [2.75, 3.05) is 51.4 Å². The predicted molar refractivity (Wildman–Crippen MR) is 105 cm³/mol. The molecule has 1 aliphatic heterocycles. The Morgan fingerprint density at radius 2 is 1.66 bits per heavy atom. The van der Waals surface area contributed by atoms with Crippen LogP contribution in [0, 0.1) is 0 Å². The summed E-state index contributed by atoms with van der Waals surface area (Å²) in [7, 11) is 1.59. The second-order valence-corrected chi connectivity index (χ2v) is 6.35. The number of aromatic nitrogens is 2. The van der Waals surface area contributed by atoms with Gasteiger partial charge in [-0.3, -0.25) is 9.59 Å². The van der Waals surface area contributed by atoms with Gasteiger partial charge in [-0.05, 0) is 30.3 Å². The Balaban J connectivity index is 1.32. The van der Waals surface area contributed by atoms with E-state index >= 15 is 0 Å². The number of methoxy groups -OCH3 is 1. The van der Waals surface area contributed by atoms with Crippen LogP contribution in [0.4, 0.5) is 5.95 Å². The van der Waals surface area contributed by atoms with Crippen molar-refractivity contribution >= 4 is 17.8 Å². The second-order valence-electron chi connectivity index (χ2n) is 6.35. The first-order valence-electron chi connectivity index (χ1n) is 9.38. The third-order valence-electron chi connectivity index (χ3n) is 4.46. The number of carbonyl (C=O) groups is 2. The van der Waals surface area contributed by atoms with E-state index in [1.54, 1.807) is 54.7 Å². The van der Waals surface area contributed by atoms with Gasteiger partial charge in [0.05, 0.1) is 20.1 Å². The number of esters is 1. The SMILES string of the molecule is COc1ccc(OCCC(=O)OCC(=O)N2CCN(c3ncccn3)CC2)cc1. The van der Waals surface area contributed by atoms with E-state index in [0.29, 0.717) is 37.9 Å². The molecular formula is C20H24N4O5. The first kappa shape index (κ1) is 20.4. The number of rotatable bonds is 8. The maximum Gasteiger partial charge on any atom is 0.309 e. The summed E-state index contributed by atoms with van der Waals surface area (Å²) in [4.78, 5) is 36.2. The Bertz CT molecular complexity index is 792. The van der Waals surface area contributed by atoms with Crippen molar-refractivity contribution in [3.05, 3.63) is 42.7 Å². The molecule has 1 aromatic heterocycles. The molecule has 0 bridgehead atoms. The van der Waals surface area contributed by atoms with E-state index in [4.69, 9.17) is 14.2 Å². The molecule has 0 N–H and O–H groups in total. The van der Waals surface area contributed by atoms with E-state index in [1.165, 1.54) is 0 Å². The van der Waals surface area contributed by atoms with Gasteiger partial charge in [-0.25, -0.2) is 9.97 Å². The summed E-state index contributed by atoms with van der Waals surface area (Å²) in [6.45, 7) is 2.27. The molecule has 1 aromatic carbocycles. The molecule has 0 spiro atoms. The number of ether oxygens (including phenoxy) is 3. The van der Waals surface area contributed by atoms with Crippen molar-refractivity contribution in [3.63, 3.8) is 0 Å². The summed E-state index contributed by atoms with van der Waals surface area (Å²) < 4.78 is 15.6. The molecule has 3 rings (SSSR count). The minimum absolute atomic E-state index is 0.0679. The molecule has 29 heavy (non-hydrogen) atoms. The second kappa shape index (κ2) is 10.3. The van der Waals surface area contributed by atoms with Crippen LogP contribution in [0.15, 0.2) is 42.7 Å². The lowest BCUT2D eigenvalue weighted by Gasteiger charge is -2.34. The van der Waals surface area contributed by atoms with Crippen LogP contribution < -0.4 is 14.4 Å². The molecule has 9 heteroatoms. The van der Waals surface area contributed by atoms with Gasteiger partial charge in [0.25, 0.3) is 5.91 Å². The van der Waals surface area contributed by atoms with Gasteiger partial charge >= 0.3 is 5.97 Å². The molecule has 0 aliphatic carbocycles. The molecule has 2 aromatic rings. The normalized spacial score (nSPS) is 13.7. The minimum atomic E-state index is -0.469. The summed E-state index contributed by atoms with van der Waals surface area (Å²) in [6, 6.07) is 8.83. The number of hydrogen-bond donors (Lipinski definition) is 0. The average Bonchev–Trinajstić information content (AvgIpc) is 2.78. The summed E-state index contributed by atoms with van der Waals surface area (Å²) in [5, 5.41) is 0. The van der Waals surface area contributed by atoms with Gasteiger partial charge in [-0.2, -0.15) is 0 Å². The fourth-order valence-corrected chi connectivity index (χ4v) is 2.84. The zero-order chi connectivity index (χ0) is 20.5. The van der Waals surface area contributed by atoms with E-state index in [1.807, 2.05) is 4.90 Å². The lowest BCUT2D eigenvalue weighted by molar-refractivity contribution is -0.152. The minimum Gasteiger partial charge on any atom is -0.497 e. The van der Waals surface area contributed by atoms with Crippen LogP contribution in [0.3, 0.4) is 0 Å². The molecule has 1 amide bonds. The number of nitrogens with zero attached hydrogens (tertiary/aromatic N) is 4. The molecule has 0 unspecified atom stereocenters. The fourth-order valence-electron chi connectivity index (χ4n) is 2.84. The number of anilines is 1. The van der Waals surface area contributed by atoms with Gasteiger partial charge in [0.15, 0.2) is 6.61 Å². The van der Waals surface area contributed by atoms with Gasteiger partial charge in [0, 0.05) is 38.6 Å². The van der Waals surface area contributed by atoms with Crippen molar-refractivity contribution in [2.24, 2.45) is 0 Å². The van der Waals surface area contributed by atoms with Crippen molar-refractivity contribution in [1.82, 2.24) is 14.9 Å². The molecule has 0 radical (unpaired) electrons. The van der Waals surface area contributed by atoms with Crippen molar-refractivity contribution < 1.29 is 23.8 Å². The smallest absolute Gasteiger partial charge is 0.309 e. The zero-order valence-corrected chi connectivity index (χ0v) is 16.3. The van der Waals surface area contributed by atoms with Crippen LogP contribution in [-0.2, 0) is 14.3 Å². The largest absolute Gasteiger partial charge is 0.497 e. The molecular weight excluding hydrogens is 376 g/mol. The van der Waals surface area contributed by atoms with Gasteiger partial charge in [-0.1, -0.05) is 0 Å². The van der Waals surface area contributed by atoms with E-state index in [-0.39, 0.29) is 25.5 Å². The van der Waals surface area contributed by atoms with Crippen molar-refractivity contribution in [3.8, 4) is 11.5 Å². The Morgan fingerprint density at radius 3 is 2.31 bits per heavy atom. The van der Waals surface area contributed by atoms with Crippen LogP contribution in [0.1, 0.15) is 6.42 Å². The highest BCUT2D eigenvalue weighted by Crippen LogP contribution is 2.17. The monoisotopic (exact) mass is 400 g/mol. The zero-order valence-electron chi connectivity index (χ0n) is 16.3. The first-order valence-corrected chi connectivity index (χ1v) is 9.38. The highest BCUT2D eigenvalue weighted by atomic mass is 16.5. The van der Waals surface area contributed by atoms with Crippen LogP contribution in [0.25, 0.3) is 0 Å². The fraction of sp³-hybridized carbons (Fsp3) is 0.400. The quantitative estimate of drug-likeness (QED) is 0.609. The maximum atomic E-state index is 12.3. The number of carbonyl (C=O) groups excluding carboxylic acids is 2. The van der Waals surface area contributed by atoms with Gasteiger partial charge in [0.2, 0.25) is 5.95 Å². The Hall–Kier alpha value is -3.36. The summed E-state index contributed by atoms with van der Waals surface area (Å²) in [6.07, 6.45) is 3.45. The molecule has 9 nitrogen and oxygen atoms in total. The molecule has 2 heterocycles. The third kappa shape index (κ3) is 6.06. The van der Waals surface area contributed by atoms with Crippen LogP contribution in [0.5, 0.6) is 11.5 Å². The summed E-state index contributed by atoms with van der Waals surface area (Å²) >= 11 is 0. The Morgan fingerprint density at radius 1 is 1.00 bits per heavy atom. The Labute approximate surface area is 169 Å². The molecule has 1 aliphatic rings. The van der Waals surface area contributed by atoms with E-state index in [2.05, 4.69) is 9.97 Å². The van der Waals surface area contributed by atoms with E-state index in [9.17, 15) is 9.59 Å². The number of piperazine rings is 1.